The first-order valence-corrected chi connectivity index (χ1v) is 26.8. The van der Waals surface area contributed by atoms with Gasteiger partial charge in [-0.2, -0.15) is 8.42 Å². The van der Waals surface area contributed by atoms with Gasteiger partial charge in [0.25, 0.3) is 10.1 Å². The van der Waals surface area contributed by atoms with E-state index >= 15 is 0 Å². The van der Waals surface area contributed by atoms with Crippen molar-refractivity contribution < 1.29 is 45.6 Å². The Balaban J connectivity index is 0.000000440. The number of aryl methyl sites for hydroxylation is 2. The third-order valence-corrected chi connectivity index (χ3v) is 13.1. The number of hydrogen-bond acceptors (Lipinski definition) is 9. The fraction of sp³-hybridized carbons (Fsp3) is 0.538. The average Bonchev–Trinajstić information content (AvgIpc) is 3.26. The SMILES string of the molecule is CCCCCCCCCCCCCCc1ccc(O)c(Oc2ccc(S(=O)(=O)O)cc2)c1.CCCCCCCCCCCCCCc1ccc([O-])c(Oc2ccc(S(=O)(=O)[O-])cc2)c1.[Ca+2]. The van der Waals surface area contributed by atoms with Gasteiger partial charge in [0, 0.05) is 0 Å². The number of ether oxygens (including phenoxy) is 2. The van der Waals surface area contributed by atoms with Gasteiger partial charge in [0.2, 0.25) is 0 Å². The minimum atomic E-state index is -4.50. The summed E-state index contributed by atoms with van der Waals surface area (Å²) in [5, 5.41) is 22.2. The first-order valence-electron chi connectivity index (χ1n) is 23.9. The first kappa shape index (κ1) is 58.3. The summed E-state index contributed by atoms with van der Waals surface area (Å²) in [6.07, 6.45) is 33.2. The fourth-order valence-electron chi connectivity index (χ4n) is 7.53. The normalized spacial score (nSPS) is 11.4. The predicted octanol–water partition coefficient (Wildman–Crippen LogP) is 14.0. The molecule has 13 heteroatoms. The van der Waals surface area contributed by atoms with Gasteiger partial charge in [0.1, 0.15) is 27.4 Å². The summed E-state index contributed by atoms with van der Waals surface area (Å²) in [6.45, 7) is 4.51. The number of rotatable bonds is 32. The standard InChI is InChI=1S/2C26H38O5S.Ca/c2*1-2-3-4-5-6-7-8-9-10-11-12-13-14-22-15-20-25(27)26(21-22)31-23-16-18-24(19-17-23)32(28,29)30;/h2*15-21,27H,2-14H2,1H3,(H,28,29,30);/q;;+2/p-2. The molecule has 0 fully saturated rings. The molecule has 10 nitrogen and oxygen atoms in total. The molecular formula is C52H74CaO10S2. The Hall–Kier alpha value is -2.84. The van der Waals surface area contributed by atoms with Crippen LogP contribution in [0.1, 0.15) is 179 Å². The maximum atomic E-state index is 12.1. The monoisotopic (exact) mass is 962 g/mol. The molecule has 0 amide bonds. The van der Waals surface area contributed by atoms with Crippen molar-refractivity contribution in [2.75, 3.05) is 0 Å². The molecule has 65 heavy (non-hydrogen) atoms. The second-order valence-electron chi connectivity index (χ2n) is 16.9. The summed E-state index contributed by atoms with van der Waals surface area (Å²) in [7, 11) is -8.74. The van der Waals surface area contributed by atoms with Crippen LogP contribution in [0.25, 0.3) is 0 Å². The molecule has 0 aliphatic heterocycles. The van der Waals surface area contributed by atoms with E-state index in [0.717, 1.165) is 36.8 Å². The van der Waals surface area contributed by atoms with E-state index in [9.17, 15) is 31.6 Å². The van der Waals surface area contributed by atoms with E-state index < -0.39 is 20.2 Å². The van der Waals surface area contributed by atoms with Crippen molar-refractivity contribution in [1.29, 1.82) is 0 Å². The Bertz CT molecular complexity index is 1940. The van der Waals surface area contributed by atoms with E-state index in [4.69, 9.17) is 14.0 Å². The number of phenolic OH excluding ortho intramolecular Hbond substituents is 1. The minimum absolute atomic E-state index is 0. The van der Waals surface area contributed by atoms with Gasteiger partial charge in [-0.05, 0) is 104 Å². The molecule has 0 aliphatic carbocycles. The summed E-state index contributed by atoms with van der Waals surface area (Å²) in [4.78, 5) is -0.525. The van der Waals surface area contributed by atoms with E-state index in [1.54, 1.807) is 12.1 Å². The van der Waals surface area contributed by atoms with Crippen molar-refractivity contribution in [1.82, 2.24) is 0 Å². The van der Waals surface area contributed by atoms with E-state index in [1.165, 1.54) is 196 Å². The van der Waals surface area contributed by atoms with E-state index in [0.29, 0.717) is 17.2 Å². The third-order valence-electron chi connectivity index (χ3n) is 11.4. The number of phenols is 1. The van der Waals surface area contributed by atoms with Gasteiger partial charge in [-0.1, -0.05) is 179 Å². The molecule has 2 N–H and O–H groups in total. The second kappa shape index (κ2) is 33.6. The van der Waals surface area contributed by atoms with Crippen molar-refractivity contribution in [2.24, 2.45) is 0 Å². The third kappa shape index (κ3) is 25.8. The molecule has 4 rings (SSSR count). The van der Waals surface area contributed by atoms with Crippen LogP contribution in [0.3, 0.4) is 0 Å². The van der Waals surface area contributed by atoms with Crippen LogP contribution in [0, 0.1) is 0 Å². The molecule has 0 unspecified atom stereocenters. The summed E-state index contributed by atoms with van der Waals surface area (Å²) in [5.41, 5.74) is 2.14. The summed E-state index contributed by atoms with van der Waals surface area (Å²) >= 11 is 0. The van der Waals surface area contributed by atoms with Gasteiger partial charge in [-0.15, -0.1) is 0 Å². The summed E-state index contributed by atoms with van der Waals surface area (Å²) in [6, 6.07) is 21.0. The molecular weight excluding hydrogens is 889 g/mol. The number of aromatic hydroxyl groups is 1. The quantitative estimate of drug-likeness (QED) is 0.0272. The molecule has 356 valence electrons. The Morgan fingerprint density at radius 2 is 0.800 bits per heavy atom. The number of hydrogen-bond donors (Lipinski definition) is 2. The first-order chi connectivity index (χ1) is 30.8. The summed E-state index contributed by atoms with van der Waals surface area (Å²) < 4.78 is 75.7. The average molecular weight is 963 g/mol. The van der Waals surface area contributed by atoms with E-state index in [2.05, 4.69) is 13.8 Å². The van der Waals surface area contributed by atoms with Crippen LogP contribution in [0.15, 0.2) is 94.7 Å². The maximum Gasteiger partial charge on any atom is 2.00 e. The van der Waals surface area contributed by atoms with E-state index in [-0.39, 0.29) is 64.8 Å². The smallest absolute Gasteiger partial charge is 0.870 e. The molecule has 0 spiro atoms. The number of unbranched alkanes of at least 4 members (excludes halogenated alkanes) is 22. The second-order valence-corrected chi connectivity index (χ2v) is 19.7. The molecule has 0 saturated carbocycles. The van der Waals surface area contributed by atoms with Crippen molar-refractivity contribution in [3.05, 3.63) is 96.1 Å². The van der Waals surface area contributed by atoms with Crippen molar-refractivity contribution in [3.63, 3.8) is 0 Å². The summed E-state index contributed by atoms with van der Waals surface area (Å²) in [5.74, 6) is 1.04. The molecule has 0 saturated heterocycles. The van der Waals surface area contributed by atoms with Crippen LogP contribution in [0.5, 0.6) is 34.5 Å². The van der Waals surface area contributed by atoms with Crippen molar-refractivity contribution in [2.45, 2.75) is 191 Å². The zero-order chi connectivity index (χ0) is 46.5. The van der Waals surface area contributed by atoms with Crippen LogP contribution in [-0.4, -0.2) is 68.8 Å². The van der Waals surface area contributed by atoms with Crippen molar-refractivity contribution >= 4 is 58.0 Å². The molecule has 0 aromatic heterocycles. The largest absolute Gasteiger partial charge is 2.00 e. The van der Waals surface area contributed by atoms with Crippen LogP contribution >= 0.6 is 0 Å². The molecule has 0 atom stereocenters. The van der Waals surface area contributed by atoms with Gasteiger partial charge in [-0.3, -0.25) is 4.55 Å². The van der Waals surface area contributed by atoms with Crippen LogP contribution < -0.4 is 14.6 Å². The molecule has 0 bridgehead atoms. The predicted molar refractivity (Wildman–Crippen MR) is 260 cm³/mol. The van der Waals surface area contributed by atoms with Gasteiger partial charge >= 0.3 is 37.7 Å². The van der Waals surface area contributed by atoms with Crippen LogP contribution in [0.2, 0.25) is 0 Å². The Kier molecular flexibility index (Phi) is 30.1. The van der Waals surface area contributed by atoms with Gasteiger partial charge < -0.3 is 24.2 Å². The van der Waals surface area contributed by atoms with Crippen molar-refractivity contribution in [3.8, 4) is 34.5 Å². The fourth-order valence-corrected chi connectivity index (χ4v) is 8.48. The van der Waals surface area contributed by atoms with Gasteiger partial charge in [-0.25, -0.2) is 8.42 Å². The van der Waals surface area contributed by atoms with Crippen LogP contribution in [-0.2, 0) is 33.1 Å². The minimum Gasteiger partial charge on any atom is -0.870 e. The van der Waals surface area contributed by atoms with Gasteiger partial charge in [0.15, 0.2) is 11.5 Å². The zero-order valence-corrected chi connectivity index (χ0v) is 43.0. The van der Waals surface area contributed by atoms with Gasteiger partial charge in [0.05, 0.1) is 9.79 Å². The molecule has 4 aromatic rings. The van der Waals surface area contributed by atoms with Crippen LogP contribution in [0.4, 0.5) is 0 Å². The maximum absolute atomic E-state index is 12.1. The number of benzene rings is 4. The Morgan fingerprint density at radius 1 is 0.462 bits per heavy atom. The zero-order valence-electron chi connectivity index (χ0n) is 39.2. The molecule has 4 aromatic carbocycles. The Labute approximate surface area is 421 Å². The Morgan fingerprint density at radius 3 is 1.18 bits per heavy atom. The molecule has 0 radical (unpaired) electrons. The topological polar surface area (TPSA) is 173 Å². The van der Waals surface area contributed by atoms with E-state index in [1.807, 2.05) is 18.2 Å². The molecule has 0 aliphatic rings. The molecule has 0 heterocycles.